The molecule has 2 aliphatic heterocycles. The van der Waals surface area contributed by atoms with E-state index in [0.29, 0.717) is 45.1 Å². The molecule has 10 heteroatoms. The van der Waals surface area contributed by atoms with Crippen LogP contribution in [0.2, 0.25) is 0 Å². The van der Waals surface area contributed by atoms with Gasteiger partial charge in [0.2, 0.25) is 10.0 Å². The van der Waals surface area contributed by atoms with Crippen molar-refractivity contribution in [2.45, 2.75) is 4.90 Å². The fourth-order valence-electron chi connectivity index (χ4n) is 3.62. The highest BCUT2D eigenvalue weighted by molar-refractivity contribution is 7.89. The minimum atomic E-state index is -3.60. The maximum absolute atomic E-state index is 13.1. The number of benzene rings is 1. The van der Waals surface area contributed by atoms with E-state index in [9.17, 15) is 8.42 Å². The summed E-state index contributed by atoms with van der Waals surface area (Å²) >= 11 is 0. The van der Waals surface area contributed by atoms with Crippen LogP contribution in [-0.2, 0) is 14.8 Å². The summed E-state index contributed by atoms with van der Waals surface area (Å²) in [5.74, 6) is 1.19. The molecule has 0 unspecified atom stereocenters. The molecule has 2 saturated heterocycles. The van der Waals surface area contributed by atoms with Crippen LogP contribution in [0.4, 0.5) is 11.5 Å². The van der Waals surface area contributed by atoms with Gasteiger partial charge in [-0.1, -0.05) is 12.1 Å². The highest BCUT2D eigenvalue weighted by atomic mass is 32.2. The minimum absolute atomic E-state index is 0.205. The van der Waals surface area contributed by atoms with Crippen LogP contribution in [0, 0.1) is 0 Å². The number of anilines is 2. The number of ether oxygens (including phenoxy) is 2. The van der Waals surface area contributed by atoms with Crippen molar-refractivity contribution < 1.29 is 17.9 Å². The summed E-state index contributed by atoms with van der Waals surface area (Å²) in [4.78, 5) is 4.51. The molecule has 0 spiro atoms. The average Bonchev–Trinajstić information content (AvgIpc) is 2.80. The molecule has 2 fully saturated rings. The number of sulfonamides is 1. The quantitative estimate of drug-likeness (QED) is 0.704. The lowest BCUT2D eigenvalue weighted by molar-refractivity contribution is 0.122. The second-order valence-corrected chi connectivity index (χ2v) is 8.82. The van der Waals surface area contributed by atoms with E-state index >= 15 is 0 Å². The Labute approximate surface area is 170 Å². The second-order valence-electron chi connectivity index (χ2n) is 6.91. The Hall–Kier alpha value is -2.43. The fourth-order valence-corrected chi connectivity index (χ4v) is 5.20. The Morgan fingerprint density at radius 3 is 2.45 bits per heavy atom. The highest BCUT2D eigenvalue weighted by Crippen LogP contribution is 2.28. The van der Waals surface area contributed by atoms with Gasteiger partial charge in [0.15, 0.2) is 5.82 Å². The Balaban J connectivity index is 1.46. The summed E-state index contributed by atoms with van der Waals surface area (Å²) in [6.45, 7) is 4.93. The molecule has 2 aromatic rings. The SMILES string of the molecule is COc1ccccc1S(=O)(=O)N1CCN(c2cnnc(N3CCOCC3)c2)CC1. The van der Waals surface area contributed by atoms with Crippen LogP contribution >= 0.6 is 0 Å². The summed E-state index contributed by atoms with van der Waals surface area (Å²) in [6, 6.07) is 8.74. The maximum Gasteiger partial charge on any atom is 0.246 e. The molecule has 29 heavy (non-hydrogen) atoms. The molecule has 0 bridgehead atoms. The Kier molecular flexibility index (Phi) is 5.84. The Morgan fingerprint density at radius 1 is 1.00 bits per heavy atom. The van der Waals surface area contributed by atoms with Crippen molar-refractivity contribution in [3.8, 4) is 5.75 Å². The third-order valence-electron chi connectivity index (χ3n) is 5.25. The van der Waals surface area contributed by atoms with Crippen LogP contribution in [0.1, 0.15) is 0 Å². The molecule has 0 saturated carbocycles. The fraction of sp³-hybridized carbons (Fsp3) is 0.474. The summed E-state index contributed by atoms with van der Waals surface area (Å²) in [5.41, 5.74) is 0.954. The van der Waals surface area contributed by atoms with E-state index in [-0.39, 0.29) is 4.90 Å². The lowest BCUT2D eigenvalue weighted by Gasteiger charge is -2.35. The number of rotatable bonds is 5. The first-order valence-corrected chi connectivity index (χ1v) is 11.1. The maximum atomic E-state index is 13.1. The number of hydrogen-bond donors (Lipinski definition) is 0. The van der Waals surface area contributed by atoms with Crippen LogP contribution in [-0.4, -0.2) is 82.5 Å². The van der Waals surface area contributed by atoms with Crippen molar-refractivity contribution in [2.75, 3.05) is 69.4 Å². The highest BCUT2D eigenvalue weighted by Gasteiger charge is 2.31. The number of methoxy groups -OCH3 is 1. The second kappa shape index (κ2) is 8.52. The summed E-state index contributed by atoms with van der Waals surface area (Å²) in [5, 5.41) is 8.39. The van der Waals surface area contributed by atoms with E-state index in [2.05, 4.69) is 20.0 Å². The van der Waals surface area contributed by atoms with E-state index in [1.54, 1.807) is 30.5 Å². The molecule has 0 N–H and O–H groups in total. The van der Waals surface area contributed by atoms with E-state index in [4.69, 9.17) is 9.47 Å². The van der Waals surface area contributed by atoms with Gasteiger partial charge in [-0.3, -0.25) is 0 Å². The van der Waals surface area contributed by atoms with E-state index < -0.39 is 10.0 Å². The number of aromatic nitrogens is 2. The first kappa shape index (κ1) is 19.9. The zero-order valence-corrected chi connectivity index (χ0v) is 17.2. The molecule has 0 aliphatic carbocycles. The zero-order chi connectivity index (χ0) is 20.3. The molecule has 156 valence electrons. The summed E-state index contributed by atoms with van der Waals surface area (Å²) in [7, 11) is -2.12. The molecular weight excluding hydrogens is 394 g/mol. The summed E-state index contributed by atoms with van der Waals surface area (Å²) < 4.78 is 38.3. The van der Waals surface area contributed by atoms with Crippen LogP contribution < -0.4 is 14.5 Å². The number of para-hydroxylation sites is 1. The molecule has 2 aliphatic rings. The largest absolute Gasteiger partial charge is 0.495 e. The first-order valence-electron chi connectivity index (χ1n) is 9.63. The predicted octanol–water partition coefficient (Wildman–Crippen LogP) is 0.833. The van der Waals surface area contributed by atoms with Gasteiger partial charge in [-0.15, -0.1) is 5.10 Å². The van der Waals surface area contributed by atoms with Crippen LogP contribution in [0.15, 0.2) is 41.4 Å². The van der Waals surface area contributed by atoms with Gasteiger partial charge in [-0.2, -0.15) is 9.40 Å². The van der Waals surface area contributed by atoms with Gasteiger partial charge in [0.25, 0.3) is 0 Å². The standard InChI is InChI=1S/C19H25N5O4S/c1-27-17-4-2-3-5-18(17)29(25,26)24-8-6-22(7-9-24)16-14-19(21-20-15-16)23-10-12-28-13-11-23/h2-5,14-15H,6-13H2,1H3. The van der Waals surface area contributed by atoms with Gasteiger partial charge in [0.1, 0.15) is 10.6 Å². The Morgan fingerprint density at radius 2 is 1.72 bits per heavy atom. The van der Waals surface area contributed by atoms with E-state index in [1.807, 2.05) is 6.07 Å². The van der Waals surface area contributed by atoms with E-state index in [1.165, 1.54) is 11.4 Å². The molecule has 0 radical (unpaired) electrons. The number of hydrogen-bond acceptors (Lipinski definition) is 8. The topological polar surface area (TPSA) is 88.1 Å². The number of piperazine rings is 1. The number of nitrogens with zero attached hydrogens (tertiary/aromatic N) is 5. The minimum Gasteiger partial charge on any atom is -0.495 e. The molecule has 3 heterocycles. The van der Waals surface area contributed by atoms with Crippen molar-refractivity contribution in [2.24, 2.45) is 0 Å². The van der Waals surface area contributed by atoms with Gasteiger partial charge in [0, 0.05) is 45.3 Å². The molecule has 0 amide bonds. The smallest absolute Gasteiger partial charge is 0.246 e. The van der Waals surface area contributed by atoms with Gasteiger partial charge in [0.05, 0.1) is 32.2 Å². The van der Waals surface area contributed by atoms with Crippen molar-refractivity contribution in [3.63, 3.8) is 0 Å². The summed E-state index contributed by atoms with van der Waals surface area (Å²) in [6.07, 6.45) is 1.73. The van der Waals surface area contributed by atoms with Gasteiger partial charge >= 0.3 is 0 Å². The molecule has 4 rings (SSSR count). The van der Waals surface area contributed by atoms with E-state index in [0.717, 1.165) is 24.6 Å². The lowest BCUT2D eigenvalue weighted by atomic mass is 10.3. The van der Waals surface area contributed by atoms with Crippen LogP contribution in [0.5, 0.6) is 5.75 Å². The normalized spacial score (nSPS) is 18.7. The van der Waals surface area contributed by atoms with Crippen LogP contribution in [0.25, 0.3) is 0 Å². The van der Waals surface area contributed by atoms with Gasteiger partial charge < -0.3 is 19.3 Å². The van der Waals surface area contributed by atoms with Gasteiger partial charge in [-0.05, 0) is 12.1 Å². The average molecular weight is 420 g/mol. The first-order chi connectivity index (χ1) is 14.1. The van der Waals surface area contributed by atoms with Crippen molar-refractivity contribution in [3.05, 3.63) is 36.5 Å². The zero-order valence-electron chi connectivity index (χ0n) is 16.4. The Bertz CT molecular complexity index is 941. The third-order valence-corrected chi connectivity index (χ3v) is 7.19. The molecule has 0 atom stereocenters. The third kappa shape index (κ3) is 4.14. The van der Waals surface area contributed by atoms with Crippen LogP contribution in [0.3, 0.4) is 0 Å². The monoisotopic (exact) mass is 419 g/mol. The van der Waals surface area contributed by atoms with Crippen molar-refractivity contribution >= 4 is 21.5 Å². The molecule has 9 nitrogen and oxygen atoms in total. The lowest BCUT2D eigenvalue weighted by Crippen LogP contribution is -2.48. The molecular formula is C19H25N5O4S. The molecule has 1 aromatic carbocycles. The van der Waals surface area contributed by atoms with Crippen molar-refractivity contribution in [1.82, 2.24) is 14.5 Å². The predicted molar refractivity (Wildman–Crippen MR) is 109 cm³/mol. The van der Waals surface area contributed by atoms with Crippen molar-refractivity contribution in [1.29, 1.82) is 0 Å². The molecule has 1 aromatic heterocycles. The van der Waals surface area contributed by atoms with Gasteiger partial charge in [-0.25, -0.2) is 8.42 Å². The number of morpholine rings is 1.